The Labute approximate surface area is 126 Å². The van der Waals surface area contributed by atoms with Crippen molar-refractivity contribution in [3.8, 4) is 11.8 Å². The Bertz CT molecular complexity index is 745. The van der Waals surface area contributed by atoms with Gasteiger partial charge in [-0.2, -0.15) is 5.26 Å². The second kappa shape index (κ2) is 7.04. The number of hydrogen-bond acceptors (Lipinski definition) is 3. The van der Waals surface area contributed by atoms with Gasteiger partial charge in [0.1, 0.15) is 11.6 Å². The highest BCUT2D eigenvalue weighted by molar-refractivity contribution is 5.89. The summed E-state index contributed by atoms with van der Waals surface area (Å²) in [4.78, 5) is 10.4. The Morgan fingerprint density at radius 1 is 1.23 bits per heavy atom. The molecule has 2 rings (SSSR count). The molecule has 2 aromatic carbocycles. The van der Waals surface area contributed by atoms with E-state index < -0.39 is 18.4 Å². The lowest BCUT2D eigenvalue weighted by atomic mass is 10.0. The predicted octanol–water partition coefficient (Wildman–Crippen LogP) is 3.35. The zero-order valence-corrected chi connectivity index (χ0v) is 11.5. The third-order valence-corrected chi connectivity index (χ3v) is 2.84. The van der Waals surface area contributed by atoms with Gasteiger partial charge in [-0.3, -0.25) is 0 Å². The second-order valence-corrected chi connectivity index (χ2v) is 4.40. The number of ether oxygens (including phenoxy) is 1. The highest BCUT2D eigenvalue weighted by atomic mass is 19.1. The van der Waals surface area contributed by atoms with Gasteiger partial charge < -0.3 is 9.84 Å². The fraction of sp³-hybridized carbons (Fsp3) is 0.0588. The smallest absolute Gasteiger partial charge is 0.341 e. The molecule has 110 valence electrons. The van der Waals surface area contributed by atoms with Crippen LogP contribution in [-0.2, 0) is 4.79 Å². The third kappa shape index (κ3) is 3.93. The van der Waals surface area contributed by atoms with Crippen molar-refractivity contribution in [2.24, 2.45) is 0 Å². The molecule has 0 radical (unpaired) electrons. The largest absolute Gasteiger partial charge is 0.482 e. The zero-order chi connectivity index (χ0) is 15.9. The molecule has 0 heterocycles. The van der Waals surface area contributed by atoms with Crippen LogP contribution in [0.5, 0.6) is 5.75 Å². The molecule has 0 saturated heterocycles. The highest BCUT2D eigenvalue weighted by Gasteiger charge is 2.07. The van der Waals surface area contributed by atoms with Gasteiger partial charge in [-0.25, -0.2) is 9.18 Å². The maximum atomic E-state index is 13.7. The van der Waals surface area contributed by atoms with Gasteiger partial charge in [-0.05, 0) is 29.8 Å². The first-order valence-corrected chi connectivity index (χ1v) is 6.41. The molecule has 2 aromatic rings. The van der Waals surface area contributed by atoms with Crippen molar-refractivity contribution in [1.82, 2.24) is 0 Å². The van der Waals surface area contributed by atoms with E-state index in [0.717, 1.165) is 0 Å². The van der Waals surface area contributed by atoms with Gasteiger partial charge in [0.2, 0.25) is 0 Å². The SMILES string of the molecule is N#C/C(=C/c1ccc(OCC(=O)O)cc1)c1ccccc1F. The number of benzene rings is 2. The first-order valence-electron chi connectivity index (χ1n) is 6.41. The van der Waals surface area contributed by atoms with E-state index in [1.54, 1.807) is 42.5 Å². The molecule has 0 aliphatic carbocycles. The van der Waals surface area contributed by atoms with E-state index in [0.29, 0.717) is 11.3 Å². The van der Waals surface area contributed by atoms with E-state index >= 15 is 0 Å². The Balaban J connectivity index is 2.22. The summed E-state index contributed by atoms with van der Waals surface area (Å²) in [6.07, 6.45) is 1.55. The Hall–Kier alpha value is -3.13. The molecule has 0 aliphatic heterocycles. The highest BCUT2D eigenvalue weighted by Crippen LogP contribution is 2.21. The summed E-state index contributed by atoms with van der Waals surface area (Å²) in [6.45, 7) is -0.423. The van der Waals surface area contributed by atoms with E-state index in [1.807, 2.05) is 6.07 Å². The number of allylic oxidation sites excluding steroid dienone is 1. The van der Waals surface area contributed by atoms with E-state index in [1.165, 1.54) is 12.1 Å². The van der Waals surface area contributed by atoms with E-state index in [-0.39, 0.29) is 11.1 Å². The molecule has 0 aliphatic rings. The van der Waals surface area contributed by atoms with E-state index in [4.69, 9.17) is 9.84 Å². The molecule has 1 N–H and O–H groups in total. The maximum absolute atomic E-state index is 13.7. The van der Waals surface area contributed by atoms with Gasteiger partial charge in [0.25, 0.3) is 0 Å². The molecule has 0 bridgehead atoms. The molecule has 0 aromatic heterocycles. The van der Waals surface area contributed by atoms with Crippen LogP contribution in [0.1, 0.15) is 11.1 Å². The molecule has 0 unspecified atom stereocenters. The first-order chi connectivity index (χ1) is 10.6. The lowest BCUT2D eigenvalue weighted by molar-refractivity contribution is -0.139. The maximum Gasteiger partial charge on any atom is 0.341 e. The summed E-state index contributed by atoms with van der Waals surface area (Å²) in [5.74, 6) is -1.11. The van der Waals surface area contributed by atoms with Crippen LogP contribution in [0.2, 0.25) is 0 Å². The molecule has 22 heavy (non-hydrogen) atoms. The lowest BCUT2D eigenvalue weighted by Gasteiger charge is -2.04. The van der Waals surface area contributed by atoms with Gasteiger partial charge >= 0.3 is 5.97 Å². The molecule has 0 fully saturated rings. The van der Waals surface area contributed by atoms with Crippen molar-refractivity contribution in [3.05, 3.63) is 65.5 Å². The fourth-order valence-corrected chi connectivity index (χ4v) is 1.82. The molecule has 4 nitrogen and oxygen atoms in total. The number of halogens is 1. The topological polar surface area (TPSA) is 70.3 Å². The fourth-order valence-electron chi connectivity index (χ4n) is 1.82. The van der Waals surface area contributed by atoms with Gasteiger partial charge in [-0.1, -0.05) is 30.3 Å². The standard InChI is InChI=1S/C17H12FNO3/c18-16-4-2-1-3-15(16)13(10-19)9-12-5-7-14(8-6-12)22-11-17(20)21/h1-9H,11H2,(H,20,21)/b13-9-. The van der Waals surface area contributed by atoms with Crippen LogP contribution in [0.3, 0.4) is 0 Å². The molecule has 5 heteroatoms. The molecule has 0 spiro atoms. The Morgan fingerprint density at radius 3 is 2.50 bits per heavy atom. The average Bonchev–Trinajstić information content (AvgIpc) is 2.52. The summed E-state index contributed by atoms with van der Waals surface area (Å²) in [5, 5.41) is 17.7. The number of carboxylic acids is 1. The van der Waals surface area contributed by atoms with E-state index in [9.17, 15) is 14.4 Å². The number of carbonyl (C=O) groups is 1. The second-order valence-electron chi connectivity index (χ2n) is 4.40. The number of rotatable bonds is 5. The molecule has 0 saturated carbocycles. The average molecular weight is 297 g/mol. The minimum absolute atomic E-state index is 0.206. The van der Waals surface area contributed by atoms with Crippen molar-refractivity contribution in [2.75, 3.05) is 6.61 Å². The molecular weight excluding hydrogens is 285 g/mol. The van der Waals surface area contributed by atoms with Crippen molar-refractivity contribution in [3.63, 3.8) is 0 Å². The zero-order valence-electron chi connectivity index (χ0n) is 11.5. The van der Waals surface area contributed by atoms with Crippen LogP contribution in [-0.4, -0.2) is 17.7 Å². The summed E-state index contributed by atoms with van der Waals surface area (Å²) in [5.41, 5.74) is 1.12. The Kier molecular flexibility index (Phi) is 4.89. The quantitative estimate of drug-likeness (QED) is 0.678. The predicted molar refractivity (Wildman–Crippen MR) is 79.5 cm³/mol. The van der Waals surface area contributed by atoms with Gasteiger partial charge in [0.05, 0.1) is 11.6 Å². The lowest BCUT2D eigenvalue weighted by Crippen LogP contribution is -2.09. The minimum Gasteiger partial charge on any atom is -0.482 e. The number of hydrogen-bond donors (Lipinski definition) is 1. The first kappa shape index (κ1) is 15.3. The molecule has 0 amide bonds. The molecular formula is C17H12FNO3. The number of carboxylic acid groups (broad SMARTS) is 1. The Morgan fingerprint density at radius 2 is 1.91 bits per heavy atom. The third-order valence-electron chi connectivity index (χ3n) is 2.84. The van der Waals surface area contributed by atoms with Crippen LogP contribution in [0, 0.1) is 17.1 Å². The number of nitriles is 1. The van der Waals surface area contributed by atoms with Crippen molar-refractivity contribution >= 4 is 17.6 Å². The summed E-state index contributed by atoms with van der Waals surface area (Å²) in [6, 6.07) is 14.5. The van der Waals surface area contributed by atoms with Gasteiger partial charge in [0, 0.05) is 5.56 Å². The van der Waals surface area contributed by atoms with Crippen molar-refractivity contribution in [1.29, 1.82) is 5.26 Å². The van der Waals surface area contributed by atoms with Crippen LogP contribution in [0.4, 0.5) is 4.39 Å². The molecule has 0 atom stereocenters. The van der Waals surface area contributed by atoms with E-state index in [2.05, 4.69) is 0 Å². The van der Waals surface area contributed by atoms with Crippen LogP contribution in [0.25, 0.3) is 11.6 Å². The van der Waals surface area contributed by atoms with Crippen LogP contribution < -0.4 is 4.74 Å². The monoisotopic (exact) mass is 297 g/mol. The van der Waals surface area contributed by atoms with Crippen molar-refractivity contribution < 1.29 is 19.0 Å². The minimum atomic E-state index is -1.06. The van der Waals surface area contributed by atoms with Crippen molar-refractivity contribution in [2.45, 2.75) is 0 Å². The number of nitrogens with zero attached hydrogens (tertiary/aromatic N) is 1. The van der Waals surface area contributed by atoms with Gasteiger partial charge in [0.15, 0.2) is 6.61 Å². The van der Waals surface area contributed by atoms with Gasteiger partial charge in [-0.15, -0.1) is 0 Å². The van der Waals surface area contributed by atoms with Crippen LogP contribution in [0.15, 0.2) is 48.5 Å². The number of aliphatic carboxylic acids is 1. The summed E-state index contributed by atoms with van der Waals surface area (Å²) < 4.78 is 18.7. The van der Waals surface area contributed by atoms with Crippen LogP contribution >= 0.6 is 0 Å². The normalized spacial score (nSPS) is 10.8. The summed E-state index contributed by atoms with van der Waals surface area (Å²) in [7, 11) is 0. The summed E-state index contributed by atoms with van der Waals surface area (Å²) >= 11 is 0.